The molecule has 0 saturated carbocycles. The Balaban J connectivity index is 2.33. The minimum atomic E-state index is -0.819. The van der Waals surface area contributed by atoms with Gasteiger partial charge < -0.3 is 26.2 Å². The van der Waals surface area contributed by atoms with E-state index in [1.165, 1.54) is 36.4 Å². The molecule has 2 amide bonds. The normalized spacial score (nSPS) is 10.6. The molecule has 8 heteroatoms. The Morgan fingerprint density at radius 2 is 1.21 bits per heavy atom. The topological polar surface area (TPSA) is 144 Å². The Labute approximate surface area is 162 Å². The standard InChI is InChI=1S/C20H24N2O6/c21-11-3-1-2-4-12-22(19(27)13-7-5-9-15(23)17(13)25)20(28)14-8-6-10-16(24)18(14)26/h5-10,23-26H,1-4,11-12,21H2. The van der Waals surface area contributed by atoms with Crippen molar-refractivity contribution in [1.29, 1.82) is 0 Å². The summed E-state index contributed by atoms with van der Waals surface area (Å²) in [6, 6.07) is 7.75. The molecule has 2 rings (SSSR count). The van der Waals surface area contributed by atoms with Crippen LogP contribution in [0.25, 0.3) is 0 Å². The number of amides is 2. The summed E-state index contributed by atoms with van der Waals surface area (Å²) in [5, 5.41) is 39.3. The van der Waals surface area contributed by atoms with Gasteiger partial charge in [0, 0.05) is 6.54 Å². The Morgan fingerprint density at radius 3 is 1.68 bits per heavy atom. The Hall–Kier alpha value is -3.26. The van der Waals surface area contributed by atoms with Crippen molar-refractivity contribution in [2.75, 3.05) is 13.1 Å². The van der Waals surface area contributed by atoms with E-state index in [1.54, 1.807) is 0 Å². The van der Waals surface area contributed by atoms with E-state index < -0.39 is 34.8 Å². The SMILES string of the molecule is NCCCCCCN(C(=O)c1cccc(O)c1O)C(=O)c1cccc(O)c1O. The molecule has 0 aromatic heterocycles. The van der Waals surface area contributed by atoms with Crippen molar-refractivity contribution < 1.29 is 30.0 Å². The number of nitrogens with zero attached hydrogens (tertiary/aromatic N) is 1. The third-order valence-electron chi connectivity index (χ3n) is 4.32. The Kier molecular flexibility index (Phi) is 7.22. The van der Waals surface area contributed by atoms with Crippen molar-refractivity contribution in [1.82, 2.24) is 4.90 Å². The molecule has 0 aliphatic rings. The molecule has 2 aromatic carbocycles. The number of carbonyl (C=O) groups is 2. The zero-order chi connectivity index (χ0) is 20.7. The number of benzene rings is 2. The first kappa shape index (κ1) is 21.0. The second-order valence-electron chi connectivity index (χ2n) is 6.31. The van der Waals surface area contributed by atoms with Gasteiger partial charge in [-0.2, -0.15) is 0 Å². The van der Waals surface area contributed by atoms with Gasteiger partial charge in [0.15, 0.2) is 23.0 Å². The molecule has 150 valence electrons. The average molecular weight is 388 g/mol. The Bertz CT molecular complexity index is 789. The van der Waals surface area contributed by atoms with Crippen LogP contribution in [0.3, 0.4) is 0 Å². The third kappa shape index (κ3) is 4.72. The van der Waals surface area contributed by atoms with E-state index in [0.29, 0.717) is 13.0 Å². The maximum absolute atomic E-state index is 12.9. The molecular weight excluding hydrogens is 364 g/mol. The highest BCUT2D eigenvalue weighted by atomic mass is 16.3. The molecule has 0 aliphatic heterocycles. The summed E-state index contributed by atoms with van der Waals surface area (Å²) in [6.45, 7) is 0.586. The van der Waals surface area contributed by atoms with Crippen molar-refractivity contribution in [2.24, 2.45) is 5.73 Å². The van der Waals surface area contributed by atoms with Crippen LogP contribution in [0.1, 0.15) is 46.4 Å². The minimum Gasteiger partial charge on any atom is -0.504 e. The number of rotatable bonds is 8. The Morgan fingerprint density at radius 1 is 0.750 bits per heavy atom. The molecule has 0 saturated heterocycles. The quantitative estimate of drug-likeness (QED) is 0.265. The number of para-hydroxylation sites is 2. The van der Waals surface area contributed by atoms with Crippen molar-refractivity contribution in [3.63, 3.8) is 0 Å². The lowest BCUT2D eigenvalue weighted by Crippen LogP contribution is -2.37. The average Bonchev–Trinajstić information content (AvgIpc) is 2.68. The van der Waals surface area contributed by atoms with Gasteiger partial charge >= 0.3 is 0 Å². The first-order chi connectivity index (χ1) is 13.4. The summed E-state index contributed by atoms with van der Waals surface area (Å²) in [5.41, 5.74) is 4.98. The number of phenolic OH excluding ortho intramolecular Hbond substituents is 4. The molecule has 0 fully saturated rings. The largest absolute Gasteiger partial charge is 0.504 e. The molecule has 28 heavy (non-hydrogen) atoms. The van der Waals surface area contributed by atoms with E-state index in [9.17, 15) is 30.0 Å². The predicted molar refractivity (Wildman–Crippen MR) is 102 cm³/mol. The van der Waals surface area contributed by atoms with Crippen LogP contribution >= 0.6 is 0 Å². The highest BCUT2D eigenvalue weighted by molar-refractivity contribution is 6.12. The molecule has 0 spiro atoms. The van der Waals surface area contributed by atoms with Gasteiger partial charge in [0.1, 0.15) is 0 Å². The number of aromatic hydroxyl groups is 4. The summed E-state index contributed by atoms with van der Waals surface area (Å²) < 4.78 is 0. The molecular formula is C20H24N2O6. The number of hydrogen-bond donors (Lipinski definition) is 5. The fourth-order valence-corrected chi connectivity index (χ4v) is 2.76. The van der Waals surface area contributed by atoms with Crippen LogP contribution in [-0.4, -0.2) is 50.2 Å². The zero-order valence-corrected chi connectivity index (χ0v) is 15.3. The van der Waals surface area contributed by atoms with Crippen LogP contribution in [0.5, 0.6) is 23.0 Å². The van der Waals surface area contributed by atoms with Crippen LogP contribution in [0, 0.1) is 0 Å². The molecule has 0 aliphatic carbocycles. The van der Waals surface area contributed by atoms with Crippen LogP contribution < -0.4 is 5.73 Å². The van der Waals surface area contributed by atoms with E-state index in [4.69, 9.17) is 5.73 Å². The number of carbonyl (C=O) groups excluding carboxylic acids is 2. The monoisotopic (exact) mass is 388 g/mol. The molecule has 0 radical (unpaired) electrons. The van der Waals surface area contributed by atoms with Crippen LogP contribution in [-0.2, 0) is 0 Å². The fraction of sp³-hybridized carbons (Fsp3) is 0.300. The number of imide groups is 1. The maximum atomic E-state index is 12.9. The highest BCUT2D eigenvalue weighted by Crippen LogP contribution is 2.32. The van der Waals surface area contributed by atoms with Gasteiger partial charge in [-0.15, -0.1) is 0 Å². The van der Waals surface area contributed by atoms with Crippen molar-refractivity contribution in [3.05, 3.63) is 47.5 Å². The van der Waals surface area contributed by atoms with E-state index in [0.717, 1.165) is 24.2 Å². The van der Waals surface area contributed by atoms with Crippen LogP contribution in [0.2, 0.25) is 0 Å². The molecule has 0 bridgehead atoms. The van der Waals surface area contributed by atoms with E-state index >= 15 is 0 Å². The van der Waals surface area contributed by atoms with Gasteiger partial charge in [-0.3, -0.25) is 14.5 Å². The molecule has 2 aromatic rings. The van der Waals surface area contributed by atoms with Gasteiger partial charge in [-0.05, 0) is 43.7 Å². The maximum Gasteiger partial charge on any atom is 0.264 e. The molecule has 8 nitrogen and oxygen atoms in total. The zero-order valence-electron chi connectivity index (χ0n) is 15.3. The number of nitrogens with two attached hydrogens (primary N) is 1. The van der Waals surface area contributed by atoms with Crippen LogP contribution in [0.15, 0.2) is 36.4 Å². The van der Waals surface area contributed by atoms with Gasteiger partial charge in [-0.1, -0.05) is 25.0 Å². The second-order valence-corrected chi connectivity index (χ2v) is 6.31. The van der Waals surface area contributed by atoms with Gasteiger partial charge in [0.05, 0.1) is 11.1 Å². The molecule has 0 atom stereocenters. The molecule has 0 heterocycles. The fourth-order valence-electron chi connectivity index (χ4n) is 2.76. The van der Waals surface area contributed by atoms with Gasteiger partial charge in [0.2, 0.25) is 0 Å². The van der Waals surface area contributed by atoms with E-state index in [-0.39, 0.29) is 17.7 Å². The lowest BCUT2D eigenvalue weighted by atomic mass is 10.1. The van der Waals surface area contributed by atoms with Crippen molar-refractivity contribution in [2.45, 2.75) is 25.7 Å². The second kappa shape index (κ2) is 9.61. The summed E-state index contributed by atoms with van der Waals surface area (Å²) in [6.07, 6.45) is 2.88. The lowest BCUT2D eigenvalue weighted by Gasteiger charge is -2.22. The van der Waals surface area contributed by atoms with E-state index in [1.807, 2.05) is 0 Å². The third-order valence-corrected chi connectivity index (χ3v) is 4.32. The lowest BCUT2D eigenvalue weighted by molar-refractivity contribution is 0.0609. The summed E-state index contributed by atoms with van der Waals surface area (Å²) in [5.74, 6) is -3.87. The molecule has 6 N–H and O–H groups in total. The minimum absolute atomic E-state index is 0.0342. The smallest absolute Gasteiger partial charge is 0.264 e. The van der Waals surface area contributed by atoms with E-state index in [2.05, 4.69) is 0 Å². The van der Waals surface area contributed by atoms with Gasteiger partial charge in [0.25, 0.3) is 11.8 Å². The highest BCUT2D eigenvalue weighted by Gasteiger charge is 2.28. The summed E-state index contributed by atoms with van der Waals surface area (Å²) in [4.78, 5) is 26.7. The first-order valence-electron chi connectivity index (χ1n) is 8.96. The van der Waals surface area contributed by atoms with Crippen LogP contribution in [0.4, 0.5) is 0 Å². The summed E-state index contributed by atoms with van der Waals surface area (Å²) in [7, 11) is 0. The summed E-state index contributed by atoms with van der Waals surface area (Å²) >= 11 is 0. The number of unbranched alkanes of at least 4 members (excludes halogenated alkanes) is 3. The number of phenols is 4. The molecule has 0 unspecified atom stereocenters. The van der Waals surface area contributed by atoms with Crippen molar-refractivity contribution in [3.8, 4) is 23.0 Å². The predicted octanol–water partition coefficient (Wildman–Crippen LogP) is 2.31. The first-order valence-corrected chi connectivity index (χ1v) is 8.96. The van der Waals surface area contributed by atoms with Gasteiger partial charge in [-0.25, -0.2) is 0 Å². The number of hydrogen-bond acceptors (Lipinski definition) is 7. The van der Waals surface area contributed by atoms with Crippen molar-refractivity contribution >= 4 is 11.8 Å².